The molecule has 1 nitrogen and oxygen atoms in total. The fraction of sp³-hybridized carbons (Fsp3) is 0.500. The summed E-state index contributed by atoms with van der Waals surface area (Å²) in [6.45, 7) is 8.15. The molecule has 1 rings (SSSR count). The molecule has 1 N–H and O–H groups in total. The molecule has 0 saturated carbocycles. The molecule has 1 heteroatoms. The van der Waals surface area contributed by atoms with Crippen molar-refractivity contribution in [3.8, 4) is 12.3 Å². The van der Waals surface area contributed by atoms with Gasteiger partial charge in [0, 0.05) is 0 Å². The Morgan fingerprint density at radius 1 is 1.35 bits per heavy atom. The number of rotatable bonds is 3. The molecule has 0 unspecified atom stereocenters. The summed E-state index contributed by atoms with van der Waals surface area (Å²) in [5.41, 5.74) is 3.49. The predicted octanol–water partition coefficient (Wildman–Crippen LogP) is 3.93. The van der Waals surface area contributed by atoms with E-state index in [0.29, 0.717) is 0 Å². The van der Waals surface area contributed by atoms with Crippen LogP contribution in [0.1, 0.15) is 50.8 Å². The first-order chi connectivity index (χ1) is 7.72. The first-order valence-electron chi connectivity index (χ1n) is 5.89. The first-order valence-corrected chi connectivity index (χ1v) is 5.89. The zero-order valence-electron chi connectivity index (χ0n) is 10.7. The van der Waals surface area contributed by atoms with Gasteiger partial charge < -0.3 is 5.11 Å². The number of aliphatic hydroxyl groups excluding tert-OH is 1. The van der Waals surface area contributed by atoms with Gasteiger partial charge in [-0.05, 0) is 30.0 Å². The van der Waals surface area contributed by atoms with Gasteiger partial charge in [0.15, 0.2) is 0 Å². The van der Waals surface area contributed by atoms with Crippen LogP contribution in [0.4, 0.5) is 0 Å². The van der Waals surface area contributed by atoms with Gasteiger partial charge >= 0.3 is 0 Å². The Morgan fingerprint density at radius 3 is 2.35 bits per heavy atom. The van der Waals surface area contributed by atoms with Crippen LogP contribution in [-0.2, 0) is 6.42 Å². The molecule has 0 spiro atoms. The third-order valence-corrected chi connectivity index (χ3v) is 2.51. The van der Waals surface area contributed by atoms with Crippen molar-refractivity contribution in [1.29, 1.82) is 0 Å². The maximum atomic E-state index is 9.12. The minimum Gasteiger partial charge on any atom is -0.395 e. The average molecular weight is 234 g/mol. The van der Waals surface area contributed by atoms with Crippen molar-refractivity contribution in [3.05, 3.63) is 34.9 Å². The fourth-order valence-electron chi connectivity index (χ4n) is 1.53. The lowest BCUT2D eigenvalue weighted by Gasteiger charge is -2.12. The molecule has 1 aromatic carbocycles. The van der Waals surface area contributed by atoms with Gasteiger partial charge in [-0.15, -0.1) is 6.42 Å². The van der Waals surface area contributed by atoms with E-state index in [0.717, 1.165) is 17.5 Å². The number of aliphatic hydroxyl groups is 1. The standard InChI is InChI=1S/C13H16O.C2H6.CH4/c1-4-11-7-6-10(3)13(8-11)12(5-2)9-14;1-2;/h2,6-8,12,14H,4,9H2,1,3H3;1-2H3;1H4/t12-;;/m0../s1. The molecule has 0 aliphatic carbocycles. The Bertz CT molecular complexity index is 347. The second-order valence-corrected chi connectivity index (χ2v) is 3.45. The summed E-state index contributed by atoms with van der Waals surface area (Å²) in [7, 11) is 0. The topological polar surface area (TPSA) is 20.2 Å². The number of hydrogen-bond acceptors (Lipinski definition) is 1. The molecule has 1 atom stereocenters. The molecule has 0 aliphatic heterocycles. The Kier molecular flexibility index (Phi) is 10.6. The lowest BCUT2D eigenvalue weighted by atomic mass is 9.93. The van der Waals surface area contributed by atoms with Crippen molar-refractivity contribution in [2.24, 2.45) is 0 Å². The fourth-order valence-corrected chi connectivity index (χ4v) is 1.53. The largest absolute Gasteiger partial charge is 0.395 e. The van der Waals surface area contributed by atoms with E-state index in [1.165, 1.54) is 5.56 Å². The van der Waals surface area contributed by atoms with Crippen molar-refractivity contribution in [1.82, 2.24) is 0 Å². The smallest absolute Gasteiger partial charge is 0.0683 e. The minimum atomic E-state index is -0.165. The van der Waals surface area contributed by atoms with Gasteiger partial charge in [-0.1, -0.05) is 52.3 Å². The van der Waals surface area contributed by atoms with Crippen LogP contribution in [0.5, 0.6) is 0 Å². The lowest BCUT2D eigenvalue weighted by molar-refractivity contribution is 0.286. The van der Waals surface area contributed by atoms with Crippen molar-refractivity contribution < 1.29 is 5.11 Å². The molecule has 0 radical (unpaired) electrons. The van der Waals surface area contributed by atoms with Crippen LogP contribution in [0.15, 0.2) is 18.2 Å². The normalized spacial score (nSPS) is 10.4. The van der Waals surface area contributed by atoms with E-state index in [1.807, 2.05) is 20.8 Å². The van der Waals surface area contributed by atoms with Gasteiger partial charge in [-0.2, -0.15) is 0 Å². The molecule has 0 aliphatic rings. The highest BCUT2D eigenvalue weighted by Gasteiger charge is 2.09. The quantitative estimate of drug-likeness (QED) is 0.786. The molecule has 0 aromatic heterocycles. The maximum Gasteiger partial charge on any atom is 0.0683 e. The predicted molar refractivity (Wildman–Crippen MR) is 77.3 cm³/mol. The highest BCUT2D eigenvalue weighted by molar-refractivity contribution is 5.37. The first kappa shape index (κ1) is 18.1. The van der Waals surface area contributed by atoms with Crippen LogP contribution in [0.3, 0.4) is 0 Å². The van der Waals surface area contributed by atoms with Crippen molar-refractivity contribution >= 4 is 0 Å². The van der Waals surface area contributed by atoms with E-state index in [1.54, 1.807) is 0 Å². The highest BCUT2D eigenvalue weighted by Crippen LogP contribution is 2.20. The van der Waals surface area contributed by atoms with Crippen LogP contribution in [0.25, 0.3) is 0 Å². The third-order valence-electron chi connectivity index (χ3n) is 2.51. The van der Waals surface area contributed by atoms with Gasteiger partial charge in [-0.25, -0.2) is 0 Å². The Morgan fingerprint density at radius 2 is 1.94 bits per heavy atom. The highest BCUT2D eigenvalue weighted by atomic mass is 16.3. The minimum absolute atomic E-state index is 0. The summed E-state index contributed by atoms with van der Waals surface area (Å²) in [5.74, 6) is 2.44. The van der Waals surface area contributed by atoms with Crippen LogP contribution >= 0.6 is 0 Å². The van der Waals surface area contributed by atoms with Gasteiger partial charge in [0.25, 0.3) is 0 Å². The molecular formula is C16H26O. The maximum absolute atomic E-state index is 9.12. The van der Waals surface area contributed by atoms with Gasteiger partial charge in [0.2, 0.25) is 0 Å². The van der Waals surface area contributed by atoms with E-state index < -0.39 is 0 Å². The average Bonchev–Trinajstić information content (AvgIpc) is 2.35. The summed E-state index contributed by atoms with van der Waals surface area (Å²) < 4.78 is 0. The van der Waals surface area contributed by atoms with Crippen molar-refractivity contribution in [2.75, 3.05) is 6.61 Å². The Balaban J connectivity index is 0. The summed E-state index contributed by atoms with van der Waals surface area (Å²) in [4.78, 5) is 0. The van der Waals surface area contributed by atoms with E-state index >= 15 is 0 Å². The molecule has 0 saturated heterocycles. The SMILES string of the molecule is C.C#C[C@@H](CO)c1cc(CC)ccc1C.CC. The zero-order valence-corrected chi connectivity index (χ0v) is 10.7. The number of aryl methyl sites for hydroxylation is 2. The summed E-state index contributed by atoms with van der Waals surface area (Å²) in [6.07, 6.45) is 6.36. The van der Waals surface area contributed by atoms with Gasteiger partial charge in [0.05, 0.1) is 12.5 Å². The van der Waals surface area contributed by atoms with Gasteiger partial charge in [-0.3, -0.25) is 0 Å². The number of benzene rings is 1. The molecule has 0 fully saturated rings. The van der Waals surface area contributed by atoms with E-state index in [-0.39, 0.29) is 20.0 Å². The Labute approximate surface area is 107 Å². The van der Waals surface area contributed by atoms with Crippen molar-refractivity contribution in [2.45, 2.75) is 47.5 Å². The van der Waals surface area contributed by atoms with E-state index in [2.05, 4.69) is 31.0 Å². The number of hydrogen-bond donors (Lipinski definition) is 1. The molecule has 0 amide bonds. The summed E-state index contributed by atoms with van der Waals surface area (Å²) in [5, 5.41) is 9.12. The van der Waals surface area contributed by atoms with E-state index in [9.17, 15) is 0 Å². The molecule has 1 aromatic rings. The Hall–Kier alpha value is -1.26. The van der Waals surface area contributed by atoms with Crippen LogP contribution in [-0.4, -0.2) is 11.7 Å². The monoisotopic (exact) mass is 234 g/mol. The summed E-state index contributed by atoms with van der Waals surface area (Å²) in [6, 6.07) is 6.26. The van der Waals surface area contributed by atoms with Gasteiger partial charge in [0.1, 0.15) is 0 Å². The van der Waals surface area contributed by atoms with Crippen LogP contribution < -0.4 is 0 Å². The second kappa shape index (κ2) is 9.93. The molecule has 0 heterocycles. The van der Waals surface area contributed by atoms with Crippen LogP contribution in [0, 0.1) is 19.3 Å². The second-order valence-electron chi connectivity index (χ2n) is 3.45. The number of terminal acetylenes is 1. The zero-order chi connectivity index (χ0) is 12.6. The lowest BCUT2D eigenvalue weighted by Crippen LogP contribution is -2.04. The molecular weight excluding hydrogens is 208 g/mol. The van der Waals surface area contributed by atoms with Crippen molar-refractivity contribution in [3.63, 3.8) is 0 Å². The molecule has 96 valence electrons. The summed E-state index contributed by atoms with van der Waals surface area (Å²) >= 11 is 0. The van der Waals surface area contributed by atoms with Crippen LogP contribution in [0.2, 0.25) is 0 Å². The van der Waals surface area contributed by atoms with E-state index in [4.69, 9.17) is 11.5 Å². The third kappa shape index (κ3) is 5.06. The molecule has 0 bridgehead atoms. The molecule has 17 heavy (non-hydrogen) atoms.